The molecule has 1 heterocycles. The zero-order chi connectivity index (χ0) is 10.4. The molecular formula is C11H22ClNS. The molecule has 0 atom stereocenters. The van der Waals surface area contributed by atoms with Gasteiger partial charge in [0, 0.05) is 29.5 Å². The minimum Gasteiger partial charge on any atom is -0.301 e. The number of alkyl halides is 1. The highest BCUT2D eigenvalue weighted by molar-refractivity contribution is 8.00. The lowest BCUT2D eigenvalue weighted by Crippen LogP contribution is -2.43. The highest BCUT2D eigenvalue weighted by atomic mass is 35.5. The van der Waals surface area contributed by atoms with Gasteiger partial charge in [0.05, 0.1) is 0 Å². The summed E-state index contributed by atoms with van der Waals surface area (Å²) in [6, 6.07) is 0. The second-order valence-electron chi connectivity index (χ2n) is 4.63. The number of unbranched alkanes of at least 4 members (excludes halogenated alkanes) is 2. The first-order chi connectivity index (χ1) is 6.64. The number of nitrogens with zero attached hydrogens (tertiary/aromatic N) is 1. The van der Waals surface area contributed by atoms with Crippen LogP contribution in [0.25, 0.3) is 0 Å². The Labute approximate surface area is 97.6 Å². The molecule has 1 aliphatic heterocycles. The molecule has 0 bridgehead atoms. The molecular weight excluding hydrogens is 214 g/mol. The number of hydrogen-bond acceptors (Lipinski definition) is 2. The molecule has 3 heteroatoms. The summed E-state index contributed by atoms with van der Waals surface area (Å²) in [5.74, 6) is 2.11. The van der Waals surface area contributed by atoms with E-state index in [4.69, 9.17) is 11.6 Å². The van der Waals surface area contributed by atoms with E-state index in [2.05, 4.69) is 30.5 Å². The van der Waals surface area contributed by atoms with Crippen molar-refractivity contribution in [3.8, 4) is 0 Å². The van der Waals surface area contributed by atoms with Crippen molar-refractivity contribution in [2.24, 2.45) is 0 Å². The lowest BCUT2D eigenvalue weighted by atomic mass is 10.1. The lowest BCUT2D eigenvalue weighted by molar-refractivity contribution is 0.255. The zero-order valence-electron chi connectivity index (χ0n) is 9.39. The van der Waals surface area contributed by atoms with Gasteiger partial charge >= 0.3 is 0 Å². The molecule has 0 aromatic rings. The first-order valence-electron chi connectivity index (χ1n) is 5.56. The van der Waals surface area contributed by atoms with Crippen molar-refractivity contribution in [3.63, 3.8) is 0 Å². The van der Waals surface area contributed by atoms with E-state index in [9.17, 15) is 0 Å². The van der Waals surface area contributed by atoms with E-state index >= 15 is 0 Å². The molecule has 0 N–H and O–H groups in total. The predicted octanol–water partition coefficient (Wildman–Crippen LogP) is 3.22. The summed E-state index contributed by atoms with van der Waals surface area (Å²) >= 11 is 7.76. The average Bonchev–Trinajstić information content (AvgIpc) is 2.11. The van der Waals surface area contributed by atoms with Crippen LogP contribution in [0, 0.1) is 0 Å². The lowest BCUT2D eigenvalue weighted by Gasteiger charge is -2.37. The van der Waals surface area contributed by atoms with E-state index in [-0.39, 0.29) is 0 Å². The van der Waals surface area contributed by atoms with Gasteiger partial charge in [-0.05, 0) is 33.2 Å². The third kappa shape index (κ3) is 4.90. The fraction of sp³-hybridized carbons (Fsp3) is 1.00. The van der Waals surface area contributed by atoms with Crippen LogP contribution in [0.2, 0.25) is 0 Å². The van der Waals surface area contributed by atoms with Gasteiger partial charge in [0.1, 0.15) is 0 Å². The zero-order valence-corrected chi connectivity index (χ0v) is 11.0. The van der Waals surface area contributed by atoms with E-state index in [0.29, 0.717) is 4.75 Å². The van der Waals surface area contributed by atoms with E-state index in [1.54, 1.807) is 0 Å². The SMILES string of the molecule is CC1(C)CN(CCCCCCl)CCS1. The number of rotatable bonds is 5. The van der Waals surface area contributed by atoms with Gasteiger partial charge in [0.15, 0.2) is 0 Å². The maximum absolute atomic E-state index is 5.65. The van der Waals surface area contributed by atoms with Crippen molar-refractivity contribution in [1.29, 1.82) is 0 Å². The summed E-state index contributed by atoms with van der Waals surface area (Å²) < 4.78 is 0.463. The Morgan fingerprint density at radius 1 is 1.29 bits per heavy atom. The van der Waals surface area contributed by atoms with Crippen molar-refractivity contribution in [3.05, 3.63) is 0 Å². The highest BCUT2D eigenvalue weighted by Gasteiger charge is 2.26. The van der Waals surface area contributed by atoms with Crippen molar-refractivity contribution in [2.75, 3.05) is 31.3 Å². The summed E-state index contributed by atoms with van der Waals surface area (Å²) in [4.78, 5) is 2.60. The molecule has 0 spiro atoms. The smallest absolute Gasteiger partial charge is 0.0231 e. The Hall–Kier alpha value is 0.600. The summed E-state index contributed by atoms with van der Waals surface area (Å²) in [5.41, 5.74) is 0. The highest BCUT2D eigenvalue weighted by Crippen LogP contribution is 2.29. The molecule has 84 valence electrons. The van der Waals surface area contributed by atoms with Gasteiger partial charge in [-0.1, -0.05) is 6.42 Å². The molecule has 1 fully saturated rings. The molecule has 14 heavy (non-hydrogen) atoms. The molecule has 0 radical (unpaired) electrons. The third-order valence-electron chi connectivity index (χ3n) is 2.61. The molecule has 1 aliphatic rings. The standard InChI is InChI=1S/C11H22ClNS/c1-11(2)10-13(8-9-14-11)7-5-3-4-6-12/h3-10H2,1-2H3. The molecule has 1 rings (SSSR count). The molecule has 0 aliphatic carbocycles. The minimum absolute atomic E-state index is 0.463. The van der Waals surface area contributed by atoms with Crippen molar-refractivity contribution in [2.45, 2.75) is 37.9 Å². The van der Waals surface area contributed by atoms with Crippen molar-refractivity contribution >= 4 is 23.4 Å². The number of hydrogen-bond donors (Lipinski definition) is 0. The van der Waals surface area contributed by atoms with Crippen LogP contribution in [0.3, 0.4) is 0 Å². The Morgan fingerprint density at radius 3 is 2.71 bits per heavy atom. The maximum atomic E-state index is 5.65. The van der Waals surface area contributed by atoms with Gasteiger partial charge in [-0.3, -0.25) is 0 Å². The monoisotopic (exact) mass is 235 g/mol. The molecule has 0 amide bonds. The fourth-order valence-corrected chi connectivity index (χ4v) is 3.28. The van der Waals surface area contributed by atoms with E-state index in [1.165, 1.54) is 44.6 Å². The fourth-order valence-electron chi connectivity index (χ4n) is 1.91. The molecule has 0 aromatic carbocycles. The number of halogens is 1. The predicted molar refractivity (Wildman–Crippen MR) is 67.5 cm³/mol. The molecule has 1 nitrogen and oxygen atoms in total. The maximum Gasteiger partial charge on any atom is 0.0231 e. The van der Waals surface area contributed by atoms with E-state index in [1.807, 2.05) is 0 Å². The van der Waals surface area contributed by atoms with Crippen LogP contribution in [0.5, 0.6) is 0 Å². The molecule has 1 saturated heterocycles. The summed E-state index contributed by atoms with van der Waals surface area (Å²) in [6.45, 7) is 8.49. The van der Waals surface area contributed by atoms with Crippen molar-refractivity contribution < 1.29 is 0 Å². The third-order valence-corrected chi connectivity index (χ3v) is 4.18. The van der Waals surface area contributed by atoms with Gasteiger partial charge in [-0.2, -0.15) is 11.8 Å². The summed E-state index contributed by atoms with van der Waals surface area (Å²) in [6.07, 6.45) is 3.77. The second-order valence-corrected chi connectivity index (χ2v) is 6.81. The summed E-state index contributed by atoms with van der Waals surface area (Å²) in [5, 5.41) is 0. The Bertz CT molecular complexity index is 161. The first kappa shape index (κ1) is 12.7. The van der Waals surface area contributed by atoms with Crippen molar-refractivity contribution in [1.82, 2.24) is 4.90 Å². The Morgan fingerprint density at radius 2 is 2.07 bits per heavy atom. The van der Waals surface area contributed by atoms with Crippen LogP contribution in [-0.2, 0) is 0 Å². The van der Waals surface area contributed by atoms with Gasteiger partial charge in [-0.25, -0.2) is 0 Å². The average molecular weight is 236 g/mol. The van der Waals surface area contributed by atoms with Crippen LogP contribution in [0.1, 0.15) is 33.1 Å². The normalized spacial score (nSPS) is 22.5. The second kappa shape index (κ2) is 6.24. The van der Waals surface area contributed by atoms with E-state index < -0.39 is 0 Å². The van der Waals surface area contributed by atoms with Gasteiger partial charge in [0.2, 0.25) is 0 Å². The van der Waals surface area contributed by atoms with Crippen LogP contribution in [0.4, 0.5) is 0 Å². The molecule has 0 aromatic heterocycles. The van der Waals surface area contributed by atoms with E-state index in [0.717, 1.165) is 5.88 Å². The van der Waals surface area contributed by atoms with Crippen LogP contribution < -0.4 is 0 Å². The molecule has 0 unspecified atom stereocenters. The minimum atomic E-state index is 0.463. The number of thioether (sulfide) groups is 1. The first-order valence-corrected chi connectivity index (χ1v) is 7.08. The van der Waals surface area contributed by atoms with Gasteiger partial charge in [-0.15, -0.1) is 11.6 Å². The Balaban J connectivity index is 2.12. The summed E-state index contributed by atoms with van der Waals surface area (Å²) in [7, 11) is 0. The Kier molecular flexibility index (Phi) is 5.65. The van der Waals surface area contributed by atoms with Crippen LogP contribution in [0.15, 0.2) is 0 Å². The largest absolute Gasteiger partial charge is 0.301 e. The topological polar surface area (TPSA) is 3.24 Å². The van der Waals surface area contributed by atoms with Gasteiger partial charge in [0.25, 0.3) is 0 Å². The van der Waals surface area contributed by atoms with Crippen LogP contribution >= 0.6 is 23.4 Å². The molecule has 0 saturated carbocycles. The van der Waals surface area contributed by atoms with Crippen LogP contribution in [-0.4, -0.2) is 40.9 Å². The van der Waals surface area contributed by atoms with Gasteiger partial charge < -0.3 is 4.90 Å². The quantitative estimate of drug-likeness (QED) is 0.532.